The van der Waals surface area contributed by atoms with Crippen molar-refractivity contribution >= 4 is 25.6 Å². The van der Waals surface area contributed by atoms with Crippen LogP contribution < -0.4 is 5.32 Å². The minimum atomic E-state index is -1.13. The fourth-order valence-corrected chi connectivity index (χ4v) is 1.23. The van der Waals surface area contributed by atoms with Gasteiger partial charge in [-0.25, -0.2) is 0 Å². The Bertz CT molecular complexity index is 121. The molecule has 2 nitrogen and oxygen atoms in total. The van der Waals surface area contributed by atoms with Gasteiger partial charge in [-0.3, -0.25) is 4.79 Å². The lowest BCUT2D eigenvalue weighted by molar-refractivity contribution is -0.118. The van der Waals surface area contributed by atoms with Crippen LogP contribution in [0.1, 0.15) is 0 Å². The van der Waals surface area contributed by atoms with Gasteiger partial charge in [-0.15, -0.1) is 11.6 Å². The Kier molecular flexibility index (Phi) is 3.97. The molecule has 1 N–H and O–H groups in total. The lowest BCUT2D eigenvalue weighted by Crippen LogP contribution is -2.40. The fraction of sp³-hybridized carbons (Fsp3) is 0.833. The van der Waals surface area contributed by atoms with Crippen LogP contribution in [0.2, 0.25) is 19.6 Å². The number of halogens is 1. The summed E-state index contributed by atoms with van der Waals surface area (Å²) in [5.41, 5.74) is 0. The summed E-state index contributed by atoms with van der Waals surface area (Å²) < 4.78 is 0. The van der Waals surface area contributed by atoms with Gasteiger partial charge in [-0.05, 0) is 0 Å². The number of carbonyl (C=O) groups is 1. The molecule has 0 fully saturated rings. The zero-order valence-corrected chi connectivity index (χ0v) is 8.46. The van der Waals surface area contributed by atoms with Crippen molar-refractivity contribution in [1.29, 1.82) is 0 Å². The van der Waals surface area contributed by atoms with Crippen LogP contribution in [0.5, 0.6) is 0 Å². The monoisotopic (exact) mass is 179 g/mol. The number of carbonyl (C=O) groups excluding carboxylic acids is 1. The van der Waals surface area contributed by atoms with E-state index in [-0.39, 0.29) is 11.8 Å². The summed E-state index contributed by atoms with van der Waals surface area (Å²) in [5.74, 6) is 0.00823. The van der Waals surface area contributed by atoms with E-state index in [4.69, 9.17) is 11.6 Å². The second-order valence-corrected chi connectivity index (χ2v) is 9.21. The molecule has 0 atom stereocenters. The Morgan fingerprint density at radius 1 is 1.50 bits per heavy atom. The standard InChI is InChI=1S/C6H14ClNOSi/c1-10(2,3)5-8-6(9)4-7/h4-5H2,1-3H3,(H,8,9). The molecule has 0 heterocycles. The molecule has 0 aliphatic rings. The van der Waals surface area contributed by atoms with Crippen LogP contribution in [0.4, 0.5) is 0 Å². The van der Waals surface area contributed by atoms with E-state index in [2.05, 4.69) is 25.0 Å². The molecule has 0 rings (SSSR count). The Morgan fingerprint density at radius 2 is 2.00 bits per heavy atom. The molecule has 0 spiro atoms. The van der Waals surface area contributed by atoms with Crippen molar-refractivity contribution in [2.75, 3.05) is 12.0 Å². The maximum absolute atomic E-state index is 10.6. The molecule has 0 aromatic heterocycles. The molecule has 0 aliphatic carbocycles. The fourth-order valence-electron chi connectivity index (χ4n) is 0.411. The van der Waals surface area contributed by atoms with E-state index < -0.39 is 8.07 Å². The predicted molar refractivity (Wildman–Crippen MR) is 47.1 cm³/mol. The second kappa shape index (κ2) is 3.98. The average Bonchev–Trinajstić information content (AvgIpc) is 1.81. The summed E-state index contributed by atoms with van der Waals surface area (Å²) in [6.07, 6.45) is 0.818. The van der Waals surface area contributed by atoms with E-state index in [1.165, 1.54) is 0 Å². The number of nitrogens with one attached hydrogen (secondary N) is 1. The maximum atomic E-state index is 10.6. The highest BCUT2D eigenvalue weighted by molar-refractivity contribution is 6.76. The normalized spacial score (nSPS) is 11.2. The van der Waals surface area contributed by atoms with Crippen molar-refractivity contribution < 1.29 is 4.79 Å². The molecule has 0 radical (unpaired) electrons. The largest absolute Gasteiger partial charge is 0.358 e. The molecule has 0 bridgehead atoms. The van der Waals surface area contributed by atoms with Gasteiger partial charge in [0.05, 0.1) is 8.07 Å². The van der Waals surface area contributed by atoms with Crippen molar-refractivity contribution in [3.05, 3.63) is 0 Å². The van der Waals surface area contributed by atoms with Gasteiger partial charge < -0.3 is 5.32 Å². The minimum Gasteiger partial charge on any atom is -0.358 e. The second-order valence-electron chi connectivity index (χ2n) is 3.47. The van der Waals surface area contributed by atoms with Gasteiger partial charge in [-0.1, -0.05) is 19.6 Å². The average molecular weight is 180 g/mol. The number of rotatable bonds is 3. The van der Waals surface area contributed by atoms with Gasteiger partial charge in [-0.2, -0.15) is 0 Å². The van der Waals surface area contributed by atoms with E-state index >= 15 is 0 Å². The molecule has 0 saturated heterocycles. The molecular formula is C6H14ClNOSi. The van der Waals surface area contributed by atoms with E-state index in [9.17, 15) is 4.79 Å². The summed E-state index contributed by atoms with van der Waals surface area (Å²) >= 11 is 5.28. The SMILES string of the molecule is C[Si](C)(C)CNC(=O)CCl. The van der Waals surface area contributed by atoms with Crippen molar-refractivity contribution in [3.63, 3.8) is 0 Å². The van der Waals surface area contributed by atoms with Crippen molar-refractivity contribution in [1.82, 2.24) is 5.32 Å². The Hall–Kier alpha value is -0.0231. The third-order valence-corrected chi connectivity index (χ3v) is 2.42. The minimum absolute atomic E-state index is 0.0657. The summed E-state index contributed by atoms with van der Waals surface area (Å²) in [7, 11) is -1.13. The Labute approximate surface area is 68.0 Å². The van der Waals surface area contributed by atoms with E-state index in [1.807, 2.05) is 0 Å². The first-order chi connectivity index (χ1) is 4.45. The third-order valence-electron chi connectivity index (χ3n) is 0.937. The number of hydrogen-bond acceptors (Lipinski definition) is 1. The van der Waals surface area contributed by atoms with E-state index in [0.29, 0.717) is 0 Å². The first-order valence-corrected chi connectivity index (χ1v) is 7.52. The highest BCUT2D eigenvalue weighted by Crippen LogP contribution is 1.96. The van der Waals surface area contributed by atoms with Crippen LogP contribution in [-0.4, -0.2) is 26.0 Å². The van der Waals surface area contributed by atoms with Gasteiger partial charge in [0.1, 0.15) is 5.88 Å². The van der Waals surface area contributed by atoms with Gasteiger partial charge in [0.25, 0.3) is 0 Å². The zero-order chi connectivity index (χ0) is 8.20. The van der Waals surface area contributed by atoms with Gasteiger partial charge in [0.2, 0.25) is 5.91 Å². The summed E-state index contributed by atoms with van der Waals surface area (Å²) in [4.78, 5) is 10.6. The molecule has 0 aromatic carbocycles. The van der Waals surface area contributed by atoms with Crippen molar-refractivity contribution in [2.24, 2.45) is 0 Å². The molecule has 1 amide bonds. The molecule has 10 heavy (non-hydrogen) atoms. The summed E-state index contributed by atoms with van der Waals surface area (Å²) in [5, 5.41) is 2.76. The van der Waals surface area contributed by atoms with E-state index in [0.717, 1.165) is 6.17 Å². The van der Waals surface area contributed by atoms with Crippen LogP contribution >= 0.6 is 11.6 Å². The van der Waals surface area contributed by atoms with Crippen LogP contribution in [0, 0.1) is 0 Å². The lowest BCUT2D eigenvalue weighted by Gasteiger charge is -2.15. The van der Waals surface area contributed by atoms with Crippen LogP contribution in [0.25, 0.3) is 0 Å². The van der Waals surface area contributed by atoms with Gasteiger partial charge >= 0.3 is 0 Å². The third kappa shape index (κ3) is 6.10. The Balaban J connectivity index is 3.46. The van der Waals surface area contributed by atoms with Crippen LogP contribution in [0.15, 0.2) is 0 Å². The predicted octanol–water partition coefficient (Wildman–Crippen LogP) is 1.22. The van der Waals surface area contributed by atoms with Gasteiger partial charge in [0.15, 0.2) is 0 Å². The number of amides is 1. The Morgan fingerprint density at radius 3 is 2.30 bits per heavy atom. The molecule has 0 saturated carbocycles. The smallest absolute Gasteiger partial charge is 0.234 e. The lowest BCUT2D eigenvalue weighted by atomic mass is 10.7. The first-order valence-electron chi connectivity index (χ1n) is 3.28. The zero-order valence-electron chi connectivity index (χ0n) is 6.70. The molecule has 0 unspecified atom stereocenters. The summed E-state index contributed by atoms with van der Waals surface area (Å²) in [6, 6.07) is 0. The van der Waals surface area contributed by atoms with Gasteiger partial charge in [0, 0.05) is 6.17 Å². The highest BCUT2D eigenvalue weighted by atomic mass is 35.5. The number of alkyl halides is 1. The highest BCUT2D eigenvalue weighted by Gasteiger charge is 2.13. The van der Waals surface area contributed by atoms with Crippen molar-refractivity contribution in [2.45, 2.75) is 19.6 Å². The van der Waals surface area contributed by atoms with Crippen molar-refractivity contribution in [3.8, 4) is 0 Å². The maximum Gasteiger partial charge on any atom is 0.234 e. The molecule has 60 valence electrons. The topological polar surface area (TPSA) is 29.1 Å². The molecule has 0 aliphatic heterocycles. The first kappa shape index (κ1) is 9.98. The number of hydrogen-bond donors (Lipinski definition) is 1. The molecular weight excluding hydrogens is 166 g/mol. The van der Waals surface area contributed by atoms with Crippen LogP contribution in [-0.2, 0) is 4.79 Å². The summed E-state index contributed by atoms with van der Waals surface area (Å²) in [6.45, 7) is 6.59. The molecule has 4 heteroatoms. The van der Waals surface area contributed by atoms with E-state index in [1.54, 1.807) is 0 Å². The quantitative estimate of drug-likeness (QED) is 0.513. The van der Waals surface area contributed by atoms with Crippen LogP contribution in [0.3, 0.4) is 0 Å². The molecule has 0 aromatic rings.